The van der Waals surface area contributed by atoms with E-state index in [4.69, 9.17) is 5.73 Å². The molecule has 1 aliphatic rings. The van der Waals surface area contributed by atoms with Gasteiger partial charge in [-0.15, -0.1) is 12.4 Å². The van der Waals surface area contributed by atoms with E-state index in [-0.39, 0.29) is 31.3 Å². The lowest BCUT2D eigenvalue weighted by Gasteiger charge is -2.19. The highest BCUT2D eigenvalue weighted by Gasteiger charge is 2.43. The van der Waals surface area contributed by atoms with Crippen LogP contribution in [0.3, 0.4) is 0 Å². The molecule has 0 aliphatic carbocycles. The van der Waals surface area contributed by atoms with Crippen LogP contribution in [-0.4, -0.2) is 17.6 Å². The van der Waals surface area contributed by atoms with Gasteiger partial charge < -0.3 is 16.2 Å². The van der Waals surface area contributed by atoms with Crippen LogP contribution in [0.1, 0.15) is 12.0 Å². The molecule has 4 nitrogen and oxygen atoms in total. The fraction of sp³-hybridized carbons (Fsp3) is 0.300. The average molecular weight is 229 g/mol. The molecule has 0 radical (unpaired) electrons. The van der Waals surface area contributed by atoms with Crippen molar-refractivity contribution in [2.24, 2.45) is 5.73 Å². The fourth-order valence-corrected chi connectivity index (χ4v) is 1.76. The lowest BCUT2D eigenvalue weighted by atomic mass is 9.92. The fourth-order valence-electron chi connectivity index (χ4n) is 1.76. The smallest absolute Gasteiger partial charge is 0.261 e. The molecule has 4 N–H and O–H groups in total. The van der Waals surface area contributed by atoms with Gasteiger partial charge in [-0.05, 0) is 12.6 Å². The van der Waals surface area contributed by atoms with Gasteiger partial charge in [0.1, 0.15) is 0 Å². The number of benzene rings is 1. The number of nitrogens with two attached hydrogens (primary N) is 1. The van der Waals surface area contributed by atoms with Crippen molar-refractivity contribution in [2.45, 2.75) is 12.0 Å². The van der Waals surface area contributed by atoms with Crippen molar-refractivity contribution in [1.82, 2.24) is 0 Å². The van der Waals surface area contributed by atoms with Crippen molar-refractivity contribution >= 4 is 24.0 Å². The summed E-state index contributed by atoms with van der Waals surface area (Å²) in [5.74, 6) is -0.385. The molecular weight excluding hydrogens is 216 g/mol. The average Bonchev–Trinajstić information content (AvgIpc) is 2.41. The third-order valence-electron chi connectivity index (χ3n) is 2.50. The van der Waals surface area contributed by atoms with Crippen LogP contribution in [0.25, 0.3) is 0 Å². The number of rotatable bonds is 2. The minimum Gasteiger partial charge on any atom is -0.375 e. The molecule has 82 valence electrons. The summed E-state index contributed by atoms with van der Waals surface area (Å²) >= 11 is 0. The molecule has 0 bridgehead atoms. The van der Waals surface area contributed by atoms with E-state index in [9.17, 15) is 9.90 Å². The van der Waals surface area contributed by atoms with Gasteiger partial charge in [0.05, 0.1) is 0 Å². The first-order chi connectivity index (χ1) is 6.68. The standard InChI is InChI=1S/C10H12N2O2.ClH/c11-6-5-10(14)7-3-1-2-4-8(7)12-9(10)13;/h1-4,14H,5-6,11H2,(H,12,13);1H/t10-;/m1./s1. The summed E-state index contributed by atoms with van der Waals surface area (Å²) < 4.78 is 0. The summed E-state index contributed by atoms with van der Waals surface area (Å²) in [6.07, 6.45) is 0.246. The molecule has 5 heteroatoms. The lowest BCUT2D eigenvalue weighted by molar-refractivity contribution is -0.134. The Bertz CT molecular complexity index is 383. The van der Waals surface area contributed by atoms with E-state index in [1.165, 1.54) is 0 Å². The molecule has 0 aromatic heterocycles. The lowest BCUT2D eigenvalue weighted by Crippen LogP contribution is -2.36. The first kappa shape index (κ1) is 12.0. The van der Waals surface area contributed by atoms with E-state index in [0.717, 1.165) is 0 Å². The summed E-state index contributed by atoms with van der Waals surface area (Å²) in [5.41, 5.74) is 5.23. The van der Waals surface area contributed by atoms with E-state index < -0.39 is 5.60 Å². The van der Waals surface area contributed by atoms with Crippen LogP contribution < -0.4 is 11.1 Å². The molecule has 0 fully saturated rings. The predicted molar refractivity (Wildman–Crippen MR) is 59.9 cm³/mol. The van der Waals surface area contributed by atoms with Gasteiger partial charge in [0.15, 0.2) is 5.60 Å². The van der Waals surface area contributed by atoms with Gasteiger partial charge >= 0.3 is 0 Å². The van der Waals surface area contributed by atoms with E-state index in [1.807, 2.05) is 6.07 Å². The van der Waals surface area contributed by atoms with Gasteiger partial charge in [0.2, 0.25) is 0 Å². The van der Waals surface area contributed by atoms with Gasteiger partial charge in [-0.25, -0.2) is 0 Å². The zero-order valence-corrected chi connectivity index (χ0v) is 8.88. The maximum absolute atomic E-state index is 11.5. The molecule has 0 spiro atoms. The number of anilines is 1. The van der Waals surface area contributed by atoms with Crippen LogP contribution in [0.2, 0.25) is 0 Å². The molecule has 1 aliphatic heterocycles. The monoisotopic (exact) mass is 228 g/mol. The Labute approximate surface area is 93.9 Å². The molecule has 0 saturated carbocycles. The largest absolute Gasteiger partial charge is 0.375 e. The number of carbonyl (C=O) groups is 1. The van der Waals surface area contributed by atoms with Crippen molar-refractivity contribution in [1.29, 1.82) is 0 Å². The predicted octanol–water partition coefficient (Wildman–Crippen LogP) is 0.597. The van der Waals surface area contributed by atoms with Gasteiger partial charge in [0.25, 0.3) is 5.91 Å². The molecule has 2 rings (SSSR count). The molecule has 1 amide bonds. The highest BCUT2D eigenvalue weighted by atomic mass is 35.5. The topological polar surface area (TPSA) is 75.3 Å². The van der Waals surface area contributed by atoms with Crippen molar-refractivity contribution in [3.05, 3.63) is 29.8 Å². The summed E-state index contributed by atoms with van der Waals surface area (Å²) in [4.78, 5) is 11.5. The third kappa shape index (κ3) is 1.71. The van der Waals surface area contributed by atoms with Crippen LogP contribution in [0.5, 0.6) is 0 Å². The highest BCUT2D eigenvalue weighted by molar-refractivity contribution is 6.04. The second kappa shape index (κ2) is 4.18. The molecule has 0 saturated heterocycles. The molecule has 1 aromatic carbocycles. The molecule has 1 heterocycles. The number of carbonyl (C=O) groups excluding carboxylic acids is 1. The first-order valence-corrected chi connectivity index (χ1v) is 4.52. The Hall–Kier alpha value is -1.10. The molecule has 0 unspecified atom stereocenters. The van der Waals surface area contributed by atoms with Gasteiger partial charge in [-0.2, -0.15) is 0 Å². The second-order valence-electron chi connectivity index (χ2n) is 3.40. The maximum atomic E-state index is 11.5. The number of hydrogen-bond donors (Lipinski definition) is 3. The summed E-state index contributed by atoms with van der Waals surface area (Å²) in [6, 6.07) is 7.11. The minimum absolute atomic E-state index is 0. The summed E-state index contributed by atoms with van der Waals surface area (Å²) in [5, 5.41) is 12.7. The quantitative estimate of drug-likeness (QED) is 0.694. The summed E-state index contributed by atoms with van der Waals surface area (Å²) in [7, 11) is 0. The number of para-hydroxylation sites is 1. The highest BCUT2D eigenvalue weighted by Crippen LogP contribution is 2.37. The van der Waals surface area contributed by atoms with Crippen molar-refractivity contribution in [2.75, 3.05) is 11.9 Å². The molecule has 15 heavy (non-hydrogen) atoms. The van der Waals surface area contributed by atoms with Crippen LogP contribution in [0.15, 0.2) is 24.3 Å². The normalized spacial score (nSPS) is 22.9. The maximum Gasteiger partial charge on any atom is 0.261 e. The van der Waals surface area contributed by atoms with E-state index in [2.05, 4.69) is 5.32 Å². The van der Waals surface area contributed by atoms with E-state index >= 15 is 0 Å². The minimum atomic E-state index is -1.44. The SMILES string of the molecule is Cl.NCC[C@]1(O)C(=O)Nc2ccccc21. The zero-order valence-electron chi connectivity index (χ0n) is 8.06. The van der Waals surface area contributed by atoms with Gasteiger partial charge in [-0.3, -0.25) is 4.79 Å². The molecular formula is C10H13ClN2O2. The van der Waals surface area contributed by atoms with Crippen molar-refractivity contribution in [3.63, 3.8) is 0 Å². The van der Waals surface area contributed by atoms with Crippen LogP contribution in [-0.2, 0) is 10.4 Å². The van der Waals surface area contributed by atoms with E-state index in [0.29, 0.717) is 11.3 Å². The zero-order chi connectivity index (χ0) is 10.2. The van der Waals surface area contributed by atoms with Crippen molar-refractivity contribution < 1.29 is 9.90 Å². The Kier molecular flexibility index (Phi) is 3.34. The Balaban J connectivity index is 0.00000112. The number of nitrogens with one attached hydrogen (secondary N) is 1. The second-order valence-corrected chi connectivity index (χ2v) is 3.40. The molecule has 1 aromatic rings. The first-order valence-electron chi connectivity index (χ1n) is 4.52. The Morgan fingerprint density at radius 2 is 2.07 bits per heavy atom. The number of fused-ring (bicyclic) bond motifs is 1. The van der Waals surface area contributed by atoms with Gasteiger partial charge in [-0.1, -0.05) is 18.2 Å². The number of amides is 1. The van der Waals surface area contributed by atoms with E-state index in [1.54, 1.807) is 18.2 Å². The van der Waals surface area contributed by atoms with Crippen LogP contribution in [0.4, 0.5) is 5.69 Å². The Morgan fingerprint density at radius 1 is 1.40 bits per heavy atom. The Morgan fingerprint density at radius 3 is 2.73 bits per heavy atom. The van der Waals surface area contributed by atoms with Crippen molar-refractivity contribution in [3.8, 4) is 0 Å². The number of hydrogen-bond acceptors (Lipinski definition) is 3. The molecule has 1 atom stereocenters. The van der Waals surface area contributed by atoms with Crippen LogP contribution in [0, 0.1) is 0 Å². The third-order valence-corrected chi connectivity index (χ3v) is 2.50. The number of aliphatic hydroxyl groups is 1. The van der Waals surface area contributed by atoms with Gasteiger partial charge in [0, 0.05) is 17.7 Å². The van der Waals surface area contributed by atoms with Crippen LogP contribution >= 0.6 is 12.4 Å². The number of halogens is 1. The summed E-state index contributed by atoms with van der Waals surface area (Å²) in [6.45, 7) is 0.276.